The van der Waals surface area contributed by atoms with Crippen molar-refractivity contribution in [1.29, 1.82) is 0 Å². The fourth-order valence-electron chi connectivity index (χ4n) is 5.22. The molecule has 0 N–H and O–H groups in total. The first-order chi connectivity index (χ1) is 19.1. The van der Waals surface area contributed by atoms with Gasteiger partial charge in [0.25, 0.3) is 0 Å². The van der Waals surface area contributed by atoms with Gasteiger partial charge in [0.1, 0.15) is 0 Å². The number of hydrogen-bond donors (Lipinski definition) is 0. The van der Waals surface area contributed by atoms with Gasteiger partial charge in [-0.25, -0.2) is 0 Å². The van der Waals surface area contributed by atoms with Crippen molar-refractivity contribution < 1.29 is 18.6 Å². The van der Waals surface area contributed by atoms with Gasteiger partial charge in [-0.1, -0.05) is 50.2 Å². The summed E-state index contributed by atoms with van der Waals surface area (Å²) in [7, 11) is -0.783. The smallest absolute Gasteiger partial charge is 0.399 e. The molecular formula is C34H45B2NO4. The maximum absolute atomic E-state index is 6.30. The van der Waals surface area contributed by atoms with Gasteiger partial charge in [0.2, 0.25) is 0 Å². The van der Waals surface area contributed by atoms with E-state index in [4.69, 9.17) is 18.6 Å². The van der Waals surface area contributed by atoms with Crippen molar-refractivity contribution in [3.63, 3.8) is 0 Å². The molecule has 0 radical (unpaired) electrons. The Morgan fingerprint density at radius 2 is 0.805 bits per heavy atom. The van der Waals surface area contributed by atoms with Crippen LogP contribution >= 0.6 is 0 Å². The van der Waals surface area contributed by atoms with Crippen LogP contribution in [-0.4, -0.2) is 36.6 Å². The standard InChI is InChI=1S/C34H45B2NO4/c1-24(2)23-25-11-17-28(18-12-25)37(29-19-13-26(14-20-29)35-38-31(3,4)32(5,6)39-35)30-21-15-27(16-22-30)36-40-33(7,8)34(9,10)41-36/h11-22,24H,23H2,1-10H3. The second kappa shape index (κ2) is 10.6. The highest BCUT2D eigenvalue weighted by molar-refractivity contribution is 6.62. The second-order valence-electron chi connectivity index (χ2n) is 14.0. The molecule has 5 nitrogen and oxygen atoms in total. The van der Waals surface area contributed by atoms with Crippen LogP contribution in [0.4, 0.5) is 17.1 Å². The Morgan fingerprint density at radius 3 is 1.10 bits per heavy atom. The number of benzene rings is 3. The largest absolute Gasteiger partial charge is 0.494 e. The molecule has 0 aliphatic carbocycles. The molecule has 7 heteroatoms. The highest BCUT2D eigenvalue weighted by atomic mass is 16.7. The number of rotatable bonds is 7. The summed E-state index contributed by atoms with van der Waals surface area (Å²) in [6.45, 7) is 21.2. The van der Waals surface area contributed by atoms with Gasteiger partial charge in [0.15, 0.2) is 0 Å². The van der Waals surface area contributed by atoms with E-state index < -0.39 is 14.2 Å². The molecule has 3 aromatic rings. The Balaban J connectivity index is 1.45. The maximum Gasteiger partial charge on any atom is 0.494 e. The van der Waals surface area contributed by atoms with Gasteiger partial charge in [0.05, 0.1) is 22.4 Å². The van der Waals surface area contributed by atoms with Crippen LogP contribution in [-0.2, 0) is 25.0 Å². The normalized spacial score (nSPS) is 20.6. The van der Waals surface area contributed by atoms with Gasteiger partial charge in [-0.3, -0.25) is 0 Å². The lowest BCUT2D eigenvalue weighted by Crippen LogP contribution is -2.41. The predicted octanol–water partition coefficient (Wildman–Crippen LogP) is 6.95. The van der Waals surface area contributed by atoms with Crippen molar-refractivity contribution in [2.45, 2.75) is 98.1 Å². The van der Waals surface area contributed by atoms with E-state index in [1.807, 2.05) is 0 Å². The lowest BCUT2D eigenvalue weighted by Gasteiger charge is -2.32. The van der Waals surface area contributed by atoms with Crippen molar-refractivity contribution in [1.82, 2.24) is 0 Å². The molecule has 5 rings (SSSR count). The molecule has 0 unspecified atom stereocenters. The molecule has 2 aliphatic rings. The predicted molar refractivity (Wildman–Crippen MR) is 171 cm³/mol. The minimum atomic E-state index is -0.392. The minimum Gasteiger partial charge on any atom is -0.399 e. The van der Waals surface area contributed by atoms with Crippen LogP contribution in [0.1, 0.15) is 74.8 Å². The SMILES string of the molecule is CC(C)Cc1ccc(N(c2ccc(B3OC(C)(C)C(C)(C)O3)cc2)c2ccc(B3OC(C)(C)C(C)(C)O3)cc2)cc1. The van der Waals surface area contributed by atoms with E-state index in [1.54, 1.807) is 0 Å². The number of hydrogen-bond acceptors (Lipinski definition) is 5. The summed E-state index contributed by atoms with van der Waals surface area (Å²) < 4.78 is 25.2. The summed E-state index contributed by atoms with van der Waals surface area (Å²) in [5.41, 5.74) is 5.08. The molecule has 0 spiro atoms. The van der Waals surface area contributed by atoms with Crippen molar-refractivity contribution in [3.05, 3.63) is 78.4 Å². The zero-order chi connectivity index (χ0) is 29.8. The fraction of sp³-hybridized carbons (Fsp3) is 0.471. The lowest BCUT2D eigenvalue weighted by atomic mass is 9.79. The van der Waals surface area contributed by atoms with Gasteiger partial charge >= 0.3 is 14.2 Å². The molecule has 3 aromatic carbocycles. The van der Waals surface area contributed by atoms with Crippen LogP contribution in [0.3, 0.4) is 0 Å². The highest BCUT2D eigenvalue weighted by Crippen LogP contribution is 2.39. The molecule has 0 aromatic heterocycles. The Hall–Kier alpha value is -2.57. The van der Waals surface area contributed by atoms with Gasteiger partial charge in [0, 0.05) is 17.1 Å². The van der Waals surface area contributed by atoms with Gasteiger partial charge in [-0.05, 0) is 121 Å². The van der Waals surface area contributed by atoms with Gasteiger partial charge in [-0.2, -0.15) is 0 Å². The molecule has 2 fully saturated rings. The third kappa shape index (κ3) is 5.87. The molecule has 0 amide bonds. The van der Waals surface area contributed by atoms with Crippen LogP contribution in [0.15, 0.2) is 72.8 Å². The first-order valence-corrected chi connectivity index (χ1v) is 14.9. The Morgan fingerprint density at radius 1 is 0.512 bits per heavy atom. The molecule has 0 bridgehead atoms. The van der Waals surface area contributed by atoms with Crippen LogP contribution in [0, 0.1) is 5.92 Å². The first-order valence-electron chi connectivity index (χ1n) is 14.9. The van der Waals surface area contributed by atoms with E-state index in [1.165, 1.54) is 5.56 Å². The van der Waals surface area contributed by atoms with Crippen molar-refractivity contribution in [2.75, 3.05) is 4.90 Å². The summed E-state index contributed by atoms with van der Waals surface area (Å²) >= 11 is 0. The van der Waals surface area contributed by atoms with E-state index in [0.29, 0.717) is 5.92 Å². The summed E-state index contributed by atoms with van der Waals surface area (Å²) in [4.78, 5) is 2.28. The fourth-order valence-corrected chi connectivity index (χ4v) is 5.22. The molecule has 2 saturated heterocycles. The Labute approximate surface area is 247 Å². The molecule has 2 aliphatic heterocycles. The first kappa shape index (κ1) is 29.9. The van der Waals surface area contributed by atoms with Gasteiger partial charge in [-0.15, -0.1) is 0 Å². The van der Waals surface area contributed by atoms with Crippen molar-refractivity contribution in [3.8, 4) is 0 Å². The molecular weight excluding hydrogens is 508 g/mol. The van der Waals surface area contributed by atoms with Crippen LogP contribution in [0.2, 0.25) is 0 Å². The maximum atomic E-state index is 6.30. The minimum absolute atomic E-state index is 0.376. The second-order valence-corrected chi connectivity index (χ2v) is 14.0. The van der Waals surface area contributed by atoms with Crippen LogP contribution in [0.5, 0.6) is 0 Å². The van der Waals surface area contributed by atoms with E-state index in [0.717, 1.165) is 34.4 Å². The third-order valence-corrected chi connectivity index (χ3v) is 9.19. The average Bonchev–Trinajstić information content (AvgIpc) is 3.25. The van der Waals surface area contributed by atoms with Crippen LogP contribution in [0.25, 0.3) is 0 Å². The van der Waals surface area contributed by atoms with Crippen molar-refractivity contribution >= 4 is 42.2 Å². The third-order valence-electron chi connectivity index (χ3n) is 9.19. The van der Waals surface area contributed by atoms with E-state index in [-0.39, 0.29) is 22.4 Å². The summed E-state index contributed by atoms with van der Waals surface area (Å²) in [5, 5.41) is 0. The van der Waals surface area contributed by atoms with Crippen molar-refractivity contribution in [2.24, 2.45) is 5.92 Å². The quantitative estimate of drug-likeness (QED) is 0.296. The average molecular weight is 553 g/mol. The monoisotopic (exact) mass is 553 g/mol. The highest BCUT2D eigenvalue weighted by Gasteiger charge is 2.52. The summed E-state index contributed by atoms with van der Waals surface area (Å²) in [6.07, 6.45) is 1.06. The zero-order valence-corrected chi connectivity index (χ0v) is 26.4. The Kier molecular flexibility index (Phi) is 7.74. The summed E-state index contributed by atoms with van der Waals surface area (Å²) in [5.74, 6) is 0.613. The van der Waals surface area contributed by atoms with Gasteiger partial charge < -0.3 is 23.5 Å². The lowest BCUT2D eigenvalue weighted by molar-refractivity contribution is 0.00578. The molecule has 2 heterocycles. The van der Waals surface area contributed by atoms with E-state index in [2.05, 4.69) is 147 Å². The Bertz CT molecular complexity index is 1240. The molecule has 41 heavy (non-hydrogen) atoms. The molecule has 216 valence electrons. The molecule has 0 saturated carbocycles. The van der Waals surface area contributed by atoms with Crippen LogP contribution < -0.4 is 15.8 Å². The molecule has 0 atom stereocenters. The van der Waals surface area contributed by atoms with E-state index >= 15 is 0 Å². The number of nitrogens with zero attached hydrogens (tertiary/aromatic N) is 1. The zero-order valence-electron chi connectivity index (χ0n) is 26.4. The number of anilines is 3. The van der Waals surface area contributed by atoms with E-state index in [9.17, 15) is 0 Å². The summed E-state index contributed by atoms with van der Waals surface area (Å²) in [6, 6.07) is 25.9. The topological polar surface area (TPSA) is 40.2 Å².